The van der Waals surface area contributed by atoms with Crippen molar-refractivity contribution in [1.82, 2.24) is 9.97 Å². The van der Waals surface area contributed by atoms with Crippen LogP contribution in [0.5, 0.6) is 0 Å². The highest BCUT2D eigenvalue weighted by Crippen LogP contribution is 2.29. The number of aromatic nitrogens is 2. The molecule has 19 heavy (non-hydrogen) atoms. The molecule has 0 aliphatic rings. The molecule has 3 aromatic rings. The summed E-state index contributed by atoms with van der Waals surface area (Å²) in [5.41, 5.74) is 4.49. The third kappa shape index (κ3) is 2.39. The molecule has 3 heterocycles. The second-order valence-corrected chi connectivity index (χ2v) is 4.69. The second kappa shape index (κ2) is 4.90. The van der Waals surface area contributed by atoms with Crippen molar-refractivity contribution in [1.29, 1.82) is 0 Å². The first-order valence-electron chi connectivity index (χ1n) is 5.91. The van der Waals surface area contributed by atoms with Gasteiger partial charge in [0.1, 0.15) is 10.7 Å². The van der Waals surface area contributed by atoms with Gasteiger partial charge in [0.25, 0.3) is 0 Å². The van der Waals surface area contributed by atoms with Crippen molar-refractivity contribution in [3.05, 3.63) is 53.1 Å². The average molecular weight is 274 g/mol. The molecule has 0 aromatic carbocycles. The zero-order chi connectivity index (χ0) is 13.2. The zero-order valence-corrected chi connectivity index (χ0v) is 11.1. The molecule has 0 unspecified atom stereocenters. The van der Waals surface area contributed by atoms with Crippen LogP contribution in [0.1, 0.15) is 11.1 Å². The molecule has 0 amide bonds. The van der Waals surface area contributed by atoms with Crippen LogP contribution in [-0.2, 0) is 6.54 Å². The third-order valence-corrected chi connectivity index (χ3v) is 3.09. The number of hydrogen-bond donors (Lipinski definition) is 1. The van der Waals surface area contributed by atoms with Crippen molar-refractivity contribution < 1.29 is 4.42 Å². The van der Waals surface area contributed by atoms with Gasteiger partial charge in [-0.15, -0.1) is 0 Å². The van der Waals surface area contributed by atoms with E-state index in [-0.39, 0.29) is 0 Å². The number of rotatable bonds is 3. The maximum Gasteiger partial charge on any atom is 0.175 e. The van der Waals surface area contributed by atoms with Crippen molar-refractivity contribution in [2.24, 2.45) is 0 Å². The summed E-state index contributed by atoms with van der Waals surface area (Å²) in [6, 6.07) is 5.69. The van der Waals surface area contributed by atoms with Crippen molar-refractivity contribution in [3.63, 3.8) is 0 Å². The van der Waals surface area contributed by atoms with E-state index in [0.717, 1.165) is 27.9 Å². The summed E-state index contributed by atoms with van der Waals surface area (Å²) < 4.78 is 5.53. The number of halogens is 1. The first kappa shape index (κ1) is 12.0. The molecule has 5 heteroatoms. The fraction of sp³-hybridized carbons (Fsp3) is 0.143. The number of nitrogens with zero attached hydrogens (tertiary/aromatic N) is 2. The Morgan fingerprint density at radius 1 is 1.32 bits per heavy atom. The summed E-state index contributed by atoms with van der Waals surface area (Å²) >= 11 is 6.03. The fourth-order valence-corrected chi connectivity index (χ4v) is 2.11. The van der Waals surface area contributed by atoms with E-state index in [0.29, 0.717) is 11.7 Å². The first-order chi connectivity index (χ1) is 9.24. The van der Waals surface area contributed by atoms with Gasteiger partial charge in [-0.3, -0.25) is 4.98 Å². The average Bonchev–Trinajstić information content (AvgIpc) is 2.79. The van der Waals surface area contributed by atoms with Crippen LogP contribution < -0.4 is 5.32 Å². The van der Waals surface area contributed by atoms with Crippen LogP contribution in [0.25, 0.3) is 11.1 Å². The van der Waals surface area contributed by atoms with Gasteiger partial charge in [-0.25, -0.2) is 4.98 Å². The Hall–Kier alpha value is -2.07. The molecular formula is C14H12ClN3O. The number of pyridine rings is 2. The summed E-state index contributed by atoms with van der Waals surface area (Å²) in [4.78, 5) is 8.26. The molecule has 1 N–H and O–H groups in total. The molecule has 0 saturated carbocycles. The van der Waals surface area contributed by atoms with Gasteiger partial charge in [0, 0.05) is 30.6 Å². The number of hydrogen-bond acceptors (Lipinski definition) is 4. The van der Waals surface area contributed by atoms with Crippen LogP contribution >= 0.6 is 11.6 Å². The molecule has 4 nitrogen and oxygen atoms in total. The van der Waals surface area contributed by atoms with Crippen LogP contribution in [-0.4, -0.2) is 9.97 Å². The topological polar surface area (TPSA) is 51.0 Å². The Bertz CT molecular complexity index is 709. The molecule has 0 aliphatic carbocycles. The van der Waals surface area contributed by atoms with E-state index in [4.69, 9.17) is 16.0 Å². The number of anilines is 1. The number of fused-ring (bicyclic) bond motifs is 1. The van der Waals surface area contributed by atoms with E-state index in [1.54, 1.807) is 24.7 Å². The van der Waals surface area contributed by atoms with Crippen LogP contribution in [0, 0.1) is 6.92 Å². The van der Waals surface area contributed by atoms with Gasteiger partial charge in [-0.2, -0.15) is 0 Å². The SMILES string of the molecule is Cc1coc2c(NCc3ccncc3)cc(Cl)nc12. The standard InChI is InChI=1S/C14H12ClN3O/c1-9-8-19-14-11(6-12(15)18-13(9)14)17-7-10-2-4-16-5-3-10/h2-6,8H,7H2,1H3,(H,17,18). The molecule has 0 fully saturated rings. The highest BCUT2D eigenvalue weighted by atomic mass is 35.5. The van der Waals surface area contributed by atoms with E-state index in [1.165, 1.54) is 0 Å². The zero-order valence-electron chi connectivity index (χ0n) is 10.4. The van der Waals surface area contributed by atoms with Gasteiger partial charge in [0.2, 0.25) is 0 Å². The first-order valence-corrected chi connectivity index (χ1v) is 6.29. The maximum absolute atomic E-state index is 6.03. The lowest BCUT2D eigenvalue weighted by Gasteiger charge is -2.07. The minimum Gasteiger partial charge on any atom is -0.460 e. The highest BCUT2D eigenvalue weighted by molar-refractivity contribution is 6.30. The predicted molar refractivity (Wildman–Crippen MR) is 75.3 cm³/mol. The summed E-state index contributed by atoms with van der Waals surface area (Å²) in [7, 11) is 0. The number of nitrogens with one attached hydrogen (secondary N) is 1. The van der Waals surface area contributed by atoms with E-state index in [1.807, 2.05) is 19.1 Å². The quantitative estimate of drug-likeness (QED) is 0.738. The molecule has 0 saturated heterocycles. The monoisotopic (exact) mass is 273 g/mol. The Labute approximate surface area is 115 Å². The van der Waals surface area contributed by atoms with Gasteiger partial charge in [0.15, 0.2) is 5.58 Å². The lowest BCUT2D eigenvalue weighted by Crippen LogP contribution is -2.00. The van der Waals surface area contributed by atoms with Gasteiger partial charge in [-0.05, 0) is 24.6 Å². The Kier molecular flexibility index (Phi) is 3.09. The molecule has 0 aliphatic heterocycles. The van der Waals surface area contributed by atoms with Gasteiger partial charge in [0.05, 0.1) is 12.0 Å². The fourth-order valence-electron chi connectivity index (χ4n) is 1.92. The molecular weight excluding hydrogens is 262 g/mol. The van der Waals surface area contributed by atoms with E-state index in [9.17, 15) is 0 Å². The van der Waals surface area contributed by atoms with Crippen molar-refractivity contribution in [2.45, 2.75) is 13.5 Å². The minimum atomic E-state index is 0.453. The Morgan fingerprint density at radius 2 is 2.11 bits per heavy atom. The van der Waals surface area contributed by atoms with E-state index >= 15 is 0 Å². The van der Waals surface area contributed by atoms with Crippen molar-refractivity contribution in [2.75, 3.05) is 5.32 Å². The predicted octanol–water partition coefficient (Wildman–Crippen LogP) is 3.80. The lowest BCUT2D eigenvalue weighted by atomic mass is 10.2. The van der Waals surface area contributed by atoms with Crippen molar-refractivity contribution in [3.8, 4) is 0 Å². The maximum atomic E-state index is 6.03. The molecule has 0 bridgehead atoms. The summed E-state index contributed by atoms with van der Waals surface area (Å²) in [5, 5.41) is 3.77. The van der Waals surface area contributed by atoms with Crippen LogP contribution in [0.3, 0.4) is 0 Å². The molecule has 3 rings (SSSR count). The summed E-state index contributed by atoms with van der Waals surface area (Å²) in [6.45, 7) is 2.62. The highest BCUT2D eigenvalue weighted by Gasteiger charge is 2.10. The largest absolute Gasteiger partial charge is 0.460 e. The van der Waals surface area contributed by atoms with Gasteiger partial charge < -0.3 is 9.73 Å². The number of furan rings is 1. The van der Waals surface area contributed by atoms with Crippen LogP contribution in [0.4, 0.5) is 5.69 Å². The number of aryl methyl sites for hydroxylation is 1. The minimum absolute atomic E-state index is 0.453. The van der Waals surface area contributed by atoms with Gasteiger partial charge in [-0.1, -0.05) is 11.6 Å². The van der Waals surface area contributed by atoms with E-state index in [2.05, 4.69) is 15.3 Å². The molecule has 0 radical (unpaired) electrons. The summed E-state index contributed by atoms with van der Waals surface area (Å²) in [5.74, 6) is 0. The Morgan fingerprint density at radius 3 is 2.89 bits per heavy atom. The molecule has 3 aromatic heterocycles. The van der Waals surface area contributed by atoms with Crippen LogP contribution in [0.2, 0.25) is 5.15 Å². The summed E-state index contributed by atoms with van der Waals surface area (Å²) in [6.07, 6.45) is 5.22. The molecule has 96 valence electrons. The normalized spacial score (nSPS) is 10.8. The van der Waals surface area contributed by atoms with E-state index < -0.39 is 0 Å². The second-order valence-electron chi connectivity index (χ2n) is 4.30. The van der Waals surface area contributed by atoms with Gasteiger partial charge >= 0.3 is 0 Å². The third-order valence-electron chi connectivity index (χ3n) is 2.90. The van der Waals surface area contributed by atoms with Crippen LogP contribution in [0.15, 0.2) is 41.3 Å². The Balaban J connectivity index is 1.92. The lowest BCUT2D eigenvalue weighted by molar-refractivity contribution is 0.613. The smallest absolute Gasteiger partial charge is 0.175 e. The molecule has 0 atom stereocenters. The molecule has 0 spiro atoms. The van der Waals surface area contributed by atoms with Crippen molar-refractivity contribution >= 4 is 28.4 Å².